The molecule has 0 radical (unpaired) electrons. The Morgan fingerprint density at radius 2 is 1.56 bits per heavy atom. The highest BCUT2D eigenvalue weighted by molar-refractivity contribution is 4.98. The van der Waals surface area contributed by atoms with E-state index in [2.05, 4.69) is 18.9 Å². The highest BCUT2D eigenvalue weighted by Gasteiger charge is 2.46. The van der Waals surface area contributed by atoms with Crippen LogP contribution in [0.15, 0.2) is 0 Å². The fourth-order valence-electron chi connectivity index (χ4n) is 3.34. The minimum Gasteiger partial charge on any atom is -0.392 e. The second-order valence-electron chi connectivity index (χ2n) is 5.07. The average Bonchev–Trinajstić information content (AvgIpc) is 2.20. The smallest absolute Gasteiger partial charge is 0.0672 e. The lowest BCUT2D eigenvalue weighted by Crippen LogP contribution is -2.53. The number of aliphatic hydroxyl groups is 1. The maximum absolute atomic E-state index is 9.62. The Bertz CT molecular complexity index is 164. The van der Waals surface area contributed by atoms with Crippen LogP contribution in [0.4, 0.5) is 0 Å². The quantitative estimate of drug-likeness (QED) is 0.690. The number of likely N-dealkylation sites (tertiary alicyclic amines) is 1. The molecule has 1 saturated heterocycles. The van der Waals surface area contributed by atoms with E-state index in [0.717, 1.165) is 18.9 Å². The first-order chi connectivity index (χ1) is 7.60. The van der Waals surface area contributed by atoms with Crippen LogP contribution in [0.25, 0.3) is 0 Å². The maximum atomic E-state index is 9.62. The molecule has 0 aromatic rings. The Morgan fingerprint density at radius 3 is 1.94 bits per heavy atom. The second-order valence-corrected chi connectivity index (χ2v) is 5.07. The Morgan fingerprint density at radius 1 is 1.06 bits per heavy atom. The average molecular weight is 229 g/mol. The van der Waals surface area contributed by atoms with Gasteiger partial charge in [0.2, 0.25) is 0 Å². The molecule has 1 aliphatic heterocycles. The molecule has 0 aromatic carbocycles. The molecule has 2 rings (SSSR count). The first-order valence-electron chi connectivity index (χ1n) is 6.96. The van der Waals surface area contributed by atoms with Gasteiger partial charge in [-0.25, -0.2) is 0 Å². The summed E-state index contributed by atoms with van der Waals surface area (Å²) in [5.74, 6) is 0.892. The normalized spacial score (nSPS) is 37.7. The lowest BCUT2D eigenvalue weighted by Gasteiger charge is -2.52. The molecule has 16 heavy (non-hydrogen) atoms. The molecule has 2 aliphatic rings. The van der Waals surface area contributed by atoms with Crippen molar-refractivity contribution in [2.24, 2.45) is 11.3 Å². The number of piperidine rings is 1. The summed E-state index contributed by atoms with van der Waals surface area (Å²) in [6.45, 7) is 12.4. The van der Waals surface area contributed by atoms with Crippen molar-refractivity contribution in [1.29, 1.82) is 0 Å². The number of aliphatic hydroxyl groups excluding tert-OH is 1. The number of nitrogens with zero attached hydrogens (tertiary/aromatic N) is 1. The summed E-state index contributed by atoms with van der Waals surface area (Å²) in [6, 6.07) is 0. The lowest BCUT2D eigenvalue weighted by atomic mass is 9.59. The molecule has 1 N–H and O–H groups in total. The minimum atomic E-state index is -0.0729. The van der Waals surface area contributed by atoms with Gasteiger partial charge in [0.25, 0.3) is 0 Å². The van der Waals surface area contributed by atoms with Crippen LogP contribution in [0.2, 0.25) is 0 Å². The van der Waals surface area contributed by atoms with Crippen molar-refractivity contribution in [2.45, 2.75) is 60.0 Å². The third-order valence-electron chi connectivity index (χ3n) is 3.36. The van der Waals surface area contributed by atoms with Gasteiger partial charge in [0.15, 0.2) is 0 Å². The first-order valence-corrected chi connectivity index (χ1v) is 6.96. The van der Waals surface area contributed by atoms with Crippen molar-refractivity contribution >= 4 is 0 Å². The summed E-state index contributed by atoms with van der Waals surface area (Å²) in [5, 5.41) is 9.62. The van der Waals surface area contributed by atoms with Gasteiger partial charge in [-0.3, -0.25) is 0 Å². The Kier molecular flexibility index (Phi) is 7.25. The molecule has 1 aliphatic carbocycles. The number of hydrogen-bond donors (Lipinski definition) is 1. The minimum absolute atomic E-state index is 0.0729. The van der Waals surface area contributed by atoms with E-state index in [1.54, 1.807) is 0 Å². The molecular weight excluding hydrogens is 198 g/mol. The Labute approximate surface area is 102 Å². The van der Waals surface area contributed by atoms with Gasteiger partial charge in [0.1, 0.15) is 0 Å². The van der Waals surface area contributed by atoms with E-state index in [4.69, 9.17) is 0 Å². The van der Waals surface area contributed by atoms with E-state index in [1.165, 1.54) is 19.4 Å². The Hall–Kier alpha value is -0.0800. The molecule has 0 aromatic heterocycles. The summed E-state index contributed by atoms with van der Waals surface area (Å²) in [5.41, 5.74) is 0.492. The molecule has 2 heteroatoms. The van der Waals surface area contributed by atoms with Crippen molar-refractivity contribution < 1.29 is 5.11 Å². The van der Waals surface area contributed by atoms with E-state index in [0.29, 0.717) is 5.41 Å². The third kappa shape index (κ3) is 4.06. The standard InChI is InChI=1S/C10H19NO.2C2H6/c1-8-3-10(4-8)5-9(12)6-11(2)7-10;2*1-2/h8-9,12H,3-7H2,1-2H3;2*1-2H3. The van der Waals surface area contributed by atoms with Gasteiger partial charge in [-0.2, -0.15) is 0 Å². The van der Waals surface area contributed by atoms with Gasteiger partial charge < -0.3 is 10.0 Å². The van der Waals surface area contributed by atoms with Crippen LogP contribution in [0, 0.1) is 11.3 Å². The fourth-order valence-corrected chi connectivity index (χ4v) is 3.34. The summed E-state index contributed by atoms with van der Waals surface area (Å²) in [6.07, 6.45) is 3.63. The van der Waals surface area contributed by atoms with Crippen molar-refractivity contribution in [3.63, 3.8) is 0 Å². The molecule has 1 atom stereocenters. The van der Waals surface area contributed by atoms with Crippen LogP contribution in [-0.4, -0.2) is 36.2 Å². The van der Waals surface area contributed by atoms with E-state index in [1.807, 2.05) is 27.7 Å². The zero-order chi connectivity index (χ0) is 12.8. The van der Waals surface area contributed by atoms with Gasteiger partial charge in [0.05, 0.1) is 6.10 Å². The first kappa shape index (κ1) is 15.9. The van der Waals surface area contributed by atoms with Crippen LogP contribution in [0.3, 0.4) is 0 Å². The van der Waals surface area contributed by atoms with Gasteiger partial charge in [0, 0.05) is 13.1 Å². The van der Waals surface area contributed by atoms with E-state index in [-0.39, 0.29) is 6.10 Å². The predicted molar refractivity (Wildman–Crippen MR) is 71.6 cm³/mol. The summed E-state index contributed by atoms with van der Waals surface area (Å²) in [7, 11) is 2.12. The van der Waals surface area contributed by atoms with Crippen molar-refractivity contribution in [1.82, 2.24) is 4.90 Å². The SMILES string of the molecule is CC.CC.CC1CC2(C1)CC(O)CN(C)C2. The third-order valence-corrected chi connectivity index (χ3v) is 3.36. The number of hydrogen-bond acceptors (Lipinski definition) is 2. The zero-order valence-electron chi connectivity index (χ0n) is 12.1. The van der Waals surface area contributed by atoms with Gasteiger partial charge in [-0.1, -0.05) is 34.6 Å². The monoisotopic (exact) mass is 229 g/mol. The molecule has 2 nitrogen and oxygen atoms in total. The van der Waals surface area contributed by atoms with Gasteiger partial charge >= 0.3 is 0 Å². The zero-order valence-corrected chi connectivity index (χ0v) is 12.1. The van der Waals surface area contributed by atoms with Crippen LogP contribution < -0.4 is 0 Å². The summed E-state index contributed by atoms with van der Waals surface area (Å²) in [4.78, 5) is 2.28. The topological polar surface area (TPSA) is 23.5 Å². The van der Waals surface area contributed by atoms with Crippen LogP contribution in [0.1, 0.15) is 53.9 Å². The highest BCUT2D eigenvalue weighted by Crippen LogP contribution is 2.50. The predicted octanol–water partition coefficient (Wildman–Crippen LogP) is 3.15. The molecule has 98 valence electrons. The molecule has 1 saturated carbocycles. The second kappa shape index (κ2) is 7.29. The van der Waals surface area contributed by atoms with E-state index < -0.39 is 0 Å². The largest absolute Gasteiger partial charge is 0.392 e. The molecular formula is C14H31NO. The van der Waals surface area contributed by atoms with Gasteiger partial charge in [-0.05, 0) is 37.6 Å². The molecule has 1 spiro atoms. The fraction of sp³-hybridized carbons (Fsp3) is 1.00. The van der Waals surface area contributed by atoms with Crippen LogP contribution in [-0.2, 0) is 0 Å². The number of β-amino-alcohol motifs (C(OH)–C–C–N with tert-alkyl or cyclic N) is 1. The number of likely N-dealkylation sites (N-methyl/N-ethyl adjacent to an activating group) is 1. The van der Waals surface area contributed by atoms with E-state index in [9.17, 15) is 5.11 Å². The van der Waals surface area contributed by atoms with Crippen LogP contribution in [0.5, 0.6) is 0 Å². The molecule has 1 heterocycles. The lowest BCUT2D eigenvalue weighted by molar-refractivity contribution is -0.0646. The van der Waals surface area contributed by atoms with E-state index >= 15 is 0 Å². The maximum Gasteiger partial charge on any atom is 0.0672 e. The molecule has 1 unspecified atom stereocenters. The highest BCUT2D eigenvalue weighted by atomic mass is 16.3. The van der Waals surface area contributed by atoms with Crippen molar-refractivity contribution in [3.8, 4) is 0 Å². The van der Waals surface area contributed by atoms with Gasteiger partial charge in [-0.15, -0.1) is 0 Å². The van der Waals surface area contributed by atoms with Crippen molar-refractivity contribution in [2.75, 3.05) is 20.1 Å². The summed E-state index contributed by atoms with van der Waals surface area (Å²) >= 11 is 0. The number of rotatable bonds is 0. The molecule has 2 fully saturated rings. The molecule has 0 bridgehead atoms. The Balaban J connectivity index is 0.000000509. The van der Waals surface area contributed by atoms with Crippen molar-refractivity contribution in [3.05, 3.63) is 0 Å². The molecule has 0 amide bonds. The summed E-state index contributed by atoms with van der Waals surface area (Å²) < 4.78 is 0. The van der Waals surface area contributed by atoms with Crippen LogP contribution >= 0.6 is 0 Å².